The van der Waals surface area contributed by atoms with Crippen LogP contribution in [0.2, 0.25) is 0 Å². The van der Waals surface area contributed by atoms with Gasteiger partial charge in [-0.3, -0.25) is 0 Å². The number of hydrogen-bond donors (Lipinski definition) is 0. The summed E-state index contributed by atoms with van der Waals surface area (Å²) in [5.74, 6) is 0.446. The zero-order valence-corrected chi connectivity index (χ0v) is 11.7. The van der Waals surface area contributed by atoms with Crippen LogP contribution >= 0.6 is 0 Å². The van der Waals surface area contributed by atoms with Crippen molar-refractivity contribution in [2.75, 3.05) is 19.8 Å². The fourth-order valence-electron chi connectivity index (χ4n) is 2.12. The highest BCUT2D eigenvalue weighted by atomic mass is 16.7. The molecule has 112 valence electrons. The number of benzene rings is 1. The van der Waals surface area contributed by atoms with E-state index in [0.717, 1.165) is 31.4 Å². The summed E-state index contributed by atoms with van der Waals surface area (Å²) in [4.78, 5) is 0. The maximum Gasteiger partial charge on any atom is 0.414 e. The summed E-state index contributed by atoms with van der Waals surface area (Å²) in [6, 6.07) is 9.57. The molecule has 0 N–H and O–H groups in total. The topological polar surface area (TPSA) is 66.6 Å². The molecule has 2 heterocycles. The van der Waals surface area contributed by atoms with E-state index >= 15 is 0 Å². The normalized spacial score (nSPS) is 18.6. The number of hydrogen-bond acceptors (Lipinski definition) is 6. The molecule has 0 aliphatic carbocycles. The van der Waals surface area contributed by atoms with Gasteiger partial charge in [-0.25, -0.2) is 0 Å². The van der Waals surface area contributed by atoms with E-state index in [0.29, 0.717) is 19.1 Å². The molecule has 3 rings (SSSR count). The van der Waals surface area contributed by atoms with Crippen molar-refractivity contribution in [3.63, 3.8) is 0 Å². The summed E-state index contributed by atoms with van der Waals surface area (Å²) in [5.41, 5.74) is 0.867. The monoisotopic (exact) mass is 290 g/mol. The minimum Gasteiger partial charge on any atom is -0.447 e. The van der Waals surface area contributed by atoms with Crippen molar-refractivity contribution in [2.45, 2.75) is 25.6 Å². The van der Waals surface area contributed by atoms with E-state index in [-0.39, 0.29) is 12.4 Å². The molecular formula is C15H18N2O4. The van der Waals surface area contributed by atoms with Gasteiger partial charge in [-0.1, -0.05) is 23.3 Å². The SMILES string of the molecule is c1ccc(-c2nnc(OCCOC3CCCCO3)o2)cc1. The van der Waals surface area contributed by atoms with Crippen LogP contribution in [-0.2, 0) is 9.47 Å². The van der Waals surface area contributed by atoms with Gasteiger partial charge in [0.1, 0.15) is 6.61 Å². The van der Waals surface area contributed by atoms with Crippen LogP contribution < -0.4 is 4.74 Å². The number of aromatic nitrogens is 2. The molecule has 1 aromatic carbocycles. The van der Waals surface area contributed by atoms with Crippen LogP contribution in [0.4, 0.5) is 0 Å². The quantitative estimate of drug-likeness (QED) is 0.762. The van der Waals surface area contributed by atoms with E-state index in [1.165, 1.54) is 0 Å². The zero-order valence-electron chi connectivity index (χ0n) is 11.7. The molecule has 0 bridgehead atoms. The maximum atomic E-state index is 5.56. The van der Waals surface area contributed by atoms with E-state index in [1.807, 2.05) is 30.3 Å². The lowest BCUT2D eigenvalue weighted by atomic mass is 10.2. The summed E-state index contributed by atoms with van der Waals surface area (Å²) in [5, 5.41) is 7.80. The molecule has 1 fully saturated rings. The third-order valence-corrected chi connectivity index (χ3v) is 3.18. The summed E-state index contributed by atoms with van der Waals surface area (Å²) in [6.45, 7) is 1.57. The molecule has 6 nitrogen and oxygen atoms in total. The maximum absolute atomic E-state index is 5.56. The lowest BCUT2D eigenvalue weighted by molar-refractivity contribution is -0.166. The Kier molecular flexibility index (Phi) is 4.81. The minimum atomic E-state index is -0.107. The van der Waals surface area contributed by atoms with Gasteiger partial charge >= 0.3 is 6.08 Å². The van der Waals surface area contributed by atoms with Gasteiger partial charge in [-0.05, 0) is 31.4 Å². The summed E-state index contributed by atoms with van der Waals surface area (Å²) in [7, 11) is 0. The van der Waals surface area contributed by atoms with E-state index in [1.54, 1.807) is 0 Å². The predicted molar refractivity (Wildman–Crippen MR) is 74.8 cm³/mol. The molecule has 1 aliphatic heterocycles. The van der Waals surface area contributed by atoms with Crippen LogP contribution in [0, 0.1) is 0 Å². The van der Waals surface area contributed by atoms with Crippen molar-refractivity contribution >= 4 is 0 Å². The first kappa shape index (κ1) is 14.0. The van der Waals surface area contributed by atoms with Gasteiger partial charge < -0.3 is 18.6 Å². The Bertz CT molecular complexity index is 538. The Morgan fingerprint density at radius 3 is 2.81 bits per heavy atom. The highest BCUT2D eigenvalue weighted by Gasteiger charge is 2.14. The summed E-state index contributed by atoms with van der Waals surface area (Å²) < 4.78 is 21.8. The highest BCUT2D eigenvalue weighted by molar-refractivity contribution is 5.51. The molecule has 2 aromatic rings. The molecule has 0 spiro atoms. The highest BCUT2D eigenvalue weighted by Crippen LogP contribution is 2.20. The van der Waals surface area contributed by atoms with Crippen molar-refractivity contribution in [1.82, 2.24) is 10.2 Å². The Hall–Kier alpha value is -1.92. The van der Waals surface area contributed by atoms with Gasteiger partial charge in [-0.2, -0.15) is 0 Å². The number of nitrogens with zero attached hydrogens (tertiary/aromatic N) is 2. The van der Waals surface area contributed by atoms with Crippen molar-refractivity contribution in [3.8, 4) is 17.5 Å². The van der Waals surface area contributed by atoms with Crippen LogP contribution in [0.1, 0.15) is 19.3 Å². The third kappa shape index (κ3) is 4.03. The molecule has 6 heteroatoms. The molecule has 1 saturated heterocycles. The second-order valence-electron chi connectivity index (χ2n) is 4.75. The summed E-state index contributed by atoms with van der Waals surface area (Å²) >= 11 is 0. The predicted octanol–water partition coefficient (Wildman–Crippen LogP) is 2.66. The standard InChI is InChI=1S/C15H18N2O4/c1-2-6-12(7-3-1)14-16-17-15(21-14)20-11-10-19-13-8-4-5-9-18-13/h1-3,6-7,13H,4-5,8-11H2. The molecule has 1 aliphatic rings. The third-order valence-electron chi connectivity index (χ3n) is 3.18. The lowest BCUT2D eigenvalue weighted by Crippen LogP contribution is -2.24. The van der Waals surface area contributed by atoms with Crippen LogP contribution in [-0.4, -0.2) is 36.3 Å². The van der Waals surface area contributed by atoms with Crippen LogP contribution in [0.25, 0.3) is 11.5 Å². The van der Waals surface area contributed by atoms with Crippen LogP contribution in [0.15, 0.2) is 34.7 Å². The van der Waals surface area contributed by atoms with E-state index in [4.69, 9.17) is 18.6 Å². The number of rotatable bonds is 6. The van der Waals surface area contributed by atoms with Gasteiger partial charge in [0.05, 0.1) is 6.61 Å². The molecule has 0 saturated carbocycles. The smallest absolute Gasteiger partial charge is 0.414 e. The van der Waals surface area contributed by atoms with Gasteiger partial charge in [0.15, 0.2) is 6.29 Å². The van der Waals surface area contributed by atoms with Crippen LogP contribution in [0.3, 0.4) is 0 Å². The molecule has 21 heavy (non-hydrogen) atoms. The van der Waals surface area contributed by atoms with E-state index in [9.17, 15) is 0 Å². The zero-order chi connectivity index (χ0) is 14.3. The molecule has 0 radical (unpaired) electrons. The number of ether oxygens (including phenoxy) is 3. The lowest BCUT2D eigenvalue weighted by Gasteiger charge is -2.22. The average Bonchev–Trinajstić information content (AvgIpc) is 3.02. The fourth-order valence-corrected chi connectivity index (χ4v) is 2.12. The fraction of sp³-hybridized carbons (Fsp3) is 0.467. The van der Waals surface area contributed by atoms with Crippen molar-refractivity contribution in [2.24, 2.45) is 0 Å². The molecule has 1 aromatic heterocycles. The molecule has 1 unspecified atom stereocenters. The van der Waals surface area contributed by atoms with Gasteiger partial charge in [0, 0.05) is 12.2 Å². The van der Waals surface area contributed by atoms with Gasteiger partial charge in [0.2, 0.25) is 0 Å². The molecular weight excluding hydrogens is 272 g/mol. The first-order valence-corrected chi connectivity index (χ1v) is 7.17. The Labute approximate surface area is 123 Å². The first-order valence-electron chi connectivity index (χ1n) is 7.17. The van der Waals surface area contributed by atoms with Crippen molar-refractivity contribution in [3.05, 3.63) is 30.3 Å². The van der Waals surface area contributed by atoms with Crippen molar-refractivity contribution in [1.29, 1.82) is 0 Å². The minimum absolute atomic E-state index is 0.107. The van der Waals surface area contributed by atoms with Gasteiger partial charge in [-0.15, -0.1) is 5.10 Å². The largest absolute Gasteiger partial charge is 0.447 e. The second kappa shape index (κ2) is 7.19. The molecule has 0 amide bonds. The van der Waals surface area contributed by atoms with Crippen LogP contribution in [0.5, 0.6) is 6.08 Å². The Morgan fingerprint density at radius 1 is 1.10 bits per heavy atom. The average molecular weight is 290 g/mol. The van der Waals surface area contributed by atoms with Crippen molar-refractivity contribution < 1.29 is 18.6 Å². The Morgan fingerprint density at radius 2 is 2.00 bits per heavy atom. The van der Waals surface area contributed by atoms with Gasteiger partial charge in [0.25, 0.3) is 5.89 Å². The summed E-state index contributed by atoms with van der Waals surface area (Å²) in [6.07, 6.45) is 3.25. The van der Waals surface area contributed by atoms with E-state index < -0.39 is 0 Å². The molecule has 1 atom stereocenters. The van der Waals surface area contributed by atoms with E-state index in [2.05, 4.69) is 10.2 Å². The second-order valence-corrected chi connectivity index (χ2v) is 4.75. The Balaban J connectivity index is 1.42. The first-order chi connectivity index (χ1) is 10.4.